The van der Waals surface area contributed by atoms with Gasteiger partial charge in [0.05, 0.1) is 17.8 Å². The highest BCUT2D eigenvalue weighted by atomic mass is 32.1. The highest BCUT2D eigenvalue weighted by Crippen LogP contribution is 2.30. The number of aromatic nitrogens is 1. The van der Waals surface area contributed by atoms with Gasteiger partial charge in [-0.05, 0) is 31.6 Å². The quantitative estimate of drug-likeness (QED) is 0.882. The first-order valence-electron chi connectivity index (χ1n) is 6.78. The number of fused-ring (bicyclic) bond motifs is 1. The van der Waals surface area contributed by atoms with Gasteiger partial charge < -0.3 is 10.4 Å². The fraction of sp³-hybridized carbons (Fsp3) is 0.786. The summed E-state index contributed by atoms with van der Waals surface area (Å²) in [6, 6.07) is 0.234. The SMILES string of the molecule is CC(NCC(O)C(C)(C)C)c1nc2c(s1)CCC2. The molecular weight excluding hydrogens is 244 g/mol. The highest BCUT2D eigenvalue weighted by molar-refractivity contribution is 7.11. The van der Waals surface area contributed by atoms with Gasteiger partial charge in [-0.15, -0.1) is 11.3 Å². The first-order chi connectivity index (χ1) is 8.38. The number of hydrogen-bond donors (Lipinski definition) is 2. The van der Waals surface area contributed by atoms with Gasteiger partial charge in [-0.25, -0.2) is 4.98 Å². The number of hydrogen-bond acceptors (Lipinski definition) is 4. The summed E-state index contributed by atoms with van der Waals surface area (Å²) in [5, 5.41) is 14.6. The highest BCUT2D eigenvalue weighted by Gasteiger charge is 2.24. The van der Waals surface area contributed by atoms with Crippen LogP contribution in [0.1, 0.15) is 55.7 Å². The summed E-state index contributed by atoms with van der Waals surface area (Å²) >= 11 is 1.83. The van der Waals surface area contributed by atoms with Gasteiger partial charge in [-0.2, -0.15) is 0 Å². The monoisotopic (exact) mass is 268 g/mol. The Labute approximate surface area is 114 Å². The predicted molar refractivity (Wildman–Crippen MR) is 76.0 cm³/mol. The first kappa shape index (κ1) is 14.0. The van der Waals surface area contributed by atoms with Crippen LogP contribution in [0.4, 0.5) is 0 Å². The largest absolute Gasteiger partial charge is 0.391 e. The zero-order chi connectivity index (χ0) is 13.3. The maximum atomic E-state index is 10.0. The van der Waals surface area contributed by atoms with Crippen molar-refractivity contribution in [2.24, 2.45) is 5.41 Å². The number of aryl methyl sites for hydroxylation is 2. The summed E-state index contributed by atoms with van der Waals surface area (Å²) in [6.45, 7) is 8.92. The Balaban J connectivity index is 1.90. The van der Waals surface area contributed by atoms with Gasteiger partial charge in [0.25, 0.3) is 0 Å². The van der Waals surface area contributed by atoms with Crippen molar-refractivity contribution in [1.82, 2.24) is 10.3 Å². The lowest BCUT2D eigenvalue weighted by Gasteiger charge is -2.27. The fourth-order valence-corrected chi connectivity index (χ4v) is 3.26. The summed E-state index contributed by atoms with van der Waals surface area (Å²) in [5.74, 6) is 0. The third-order valence-corrected chi connectivity index (χ3v) is 4.94. The topological polar surface area (TPSA) is 45.1 Å². The molecule has 1 aromatic heterocycles. The number of thiazole rings is 1. The van der Waals surface area contributed by atoms with Crippen LogP contribution in [0.3, 0.4) is 0 Å². The first-order valence-corrected chi connectivity index (χ1v) is 7.59. The third-order valence-electron chi connectivity index (χ3n) is 3.60. The summed E-state index contributed by atoms with van der Waals surface area (Å²) < 4.78 is 0. The smallest absolute Gasteiger partial charge is 0.110 e. The van der Waals surface area contributed by atoms with Crippen molar-refractivity contribution in [3.8, 4) is 0 Å². The maximum absolute atomic E-state index is 10.0. The summed E-state index contributed by atoms with van der Waals surface area (Å²) in [6.07, 6.45) is 3.28. The fourth-order valence-electron chi connectivity index (χ4n) is 2.08. The lowest BCUT2D eigenvalue weighted by atomic mass is 9.89. The van der Waals surface area contributed by atoms with Crippen LogP contribution < -0.4 is 5.32 Å². The van der Waals surface area contributed by atoms with Gasteiger partial charge >= 0.3 is 0 Å². The normalized spacial score (nSPS) is 18.7. The van der Waals surface area contributed by atoms with E-state index >= 15 is 0 Å². The molecule has 1 heterocycles. The van der Waals surface area contributed by atoms with Crippen LogP contribution in [0, 0.1) is 5.41 Å². The van der Waals surface area contributed by atoms with Crippen LogP contribution in [-0.2, 0) is 12.8 Å². The minimum absolute atomic E-state index is 0.0721. The van der Waals surface area contributed by atoms with Gasteiger partial charge in [-0.1, -0.05) is 20.8 Å². The molecule has 0 saturated carbocycles. The van der Waals surface area contributed by atoms with E-state index in [1.165, 1.54) is 28.4 Å². The molecule has 0 aliphatic heterocycles. The van der Waals surface area contributed by atoms with E-state index in [2.05, 4.69) is 33.0 Å². The molecule has 2 rings (SSSR count). The zero-order valence-electron chi connectivity index (χ0n) is 11.8. The number of nitrogens with one attached hydrogen (secondary N) is 1. The molecule has 2 unspecified atom stereocenters. The Morgan fingerprint density at radius 1 is 1.39 bits per heavy atom. The number of aliphatic hydroxyl groups excluding tert-OH is 1. The minimum Gasteiger partial charge on any atom is -0.391 e. The molecule has 18 heavy (non-hydrogen) atoms. The number of nitrogens with zero attached hydrogens (tertiary/aromatic N) is 1. The molecule has 4 heteroatoms. The molecule has 0 saturated heterocycles. The summed E-state index contributed by atoms with van der Waals surface area (Å²) in [7, 11) is 0. The Kier molecular flexibility index (Phi) is 4.09. The van der Waals surface area contributed by atoms with E-state index in [4.69, 9.17) is 4.98 Å². The molecule has 0 spiro atoms. The average molecular weight is 268 g/mol. The molecule has 102 valence electrons. The van der Waals surface area contributed by atoms with E-state index < -0.39 is 0 Å². The molecule has 0 bridgehead atoms. The van der Waals surface area contributed by atoms with Crippen LogP contribution >= 0.6 is 11.3 Å². The molecule has 0 fully saturated rings. The second-order valence-electron chi connectivity index (χ2n) is 6.29. The van der Waals surface area contributed by atoms with Crippen LogP contribution in [-0.4, -0.2) is 22.7 Å². The van der Waals surface area contributed by atoms with Gasteiger partial charge in [0.2, 0.25) is 0 Å². The van der Waals surface area contributed by atoms with Crippen LogP contribution in [0.5, 0.6) is 0 Å². The summed E-state index contributed by atoms with van der Waals surface area (Å²) in [4.78, 5) is 6.17. The Morgan fingerprint density at radius 2 is 2.11 bits per heavy atom. The van der Waals surface area contributed by atoms with Crippen molar-refractivity contribution in [1.29, 1.82) is 0 Å². The standard InChI is InChI=1S/C14H24N2OS/c1-9(15-8-12(17)14(2,3)4)13-16-10-6-5-7-11(10)18-13/h9,12,15,17H,5-8H2,1-4H3. The van der Waals surface area contributed by atoms with E-state index in [1.807, 2.05) is 11.3 Å². The van der Waals surface area contributed by atoms with Crippen LogP contribution in [0.25, 0.3) is 0 Å². The molecule has 3 nitrogen and oxygen atoms in total. The third kappa shape index (κ3) is 3.11. The Hall–Kier alpha value is -0.450. The molecule has 1 aromatic rings. The second-order valence-corrected chi connectivity index (χ2v) is 7.40. The zero-order valence-corrected chi connectivity index (χ0v) is 12.6. The van der Waals surface area contributed by atoms with E-state index in [0.29, 0.717) is 6.54 Å². The molecule has 1 aliphatic carbocycles. The van der Waals surface area contributed by atoms with Gasteiger partial charge in [0.1, 0.15) is 5.01 Å². The van der Waals surface area contributed by atoms with Gasteiger partial charge in [0, 0.05) is 11.4 Å². The second kappa shape index (κ2) is 5.27. The van der Waals surface area contributed by atoms with Crippen molar-refractivity contribution in [3.63, 3.8) is 0 Å². The van der Waals surface area contributed by atoms with E-state index in [-0.39, 0.29) is 17.6 Å². The van der Waals surface area contributed by atoms with E-state index in [9.17, 15) is 5.11 Å². The Morgan fingerprint density at radius 3 is 2.72 bits per heavy atom. The lowest BCUT2D eigenvalue weighted by molar-refractivity contribution is 0.0609. The van der Waals surface area contributed by atoms with Gasteiger partial charge in [-0.3, -0.25) is 0 Å². The van der Waals surface area contributed by atoms with Gasteiger partial charge in [0.15, 0.2) is 0 Å². The van der Waals surface area contributed by atoms with Crippen molar-refractivity contribution in [3.05, 3.63) is 15.6 Å². The molecule has 2 atom stereocenters. The molecule has 0 aromatic carbocycles. The number of aliphatic hydroxyl groups is 1. The lowest BCUT2D eigenvalue weighted by Crippen LogP contribution is -2.37. The summed E-state index contributed by atoms with van der Waals surface area (Å²) in [5.41, 5.74) is 1.23. The van der Waals surface area contributed by atoms with Crippen LogP contribution in [0.15, 0.2) is 0 Å². The predicted octanol–water partition coefficient (Wildman–Crippen LogP) is 2.69. The van der Waals surface area contributed by atoms with Crippen molar-refractivity contribution < 1.29 is 5.11 Å². The molecular formula is C14H24N2OS. The average Bonchev–Trinajstić information content (AvgIpc) is 2.83. The molecule has 1 aliphatic rings. The van der Waals surface area contributed by atoms with E-state index in [0.717, 1.165) is 6.42 Å². The Bertz CT molecular complexity index is 387. The van der Waals surface area contributed by atoms with Crippen molar-refractivity contribution in [2.75, 3.05) is 6.54 Å². The minimum atomic E-state index is -0.327. The molecule has 0 radical (unpaired) electrons. The van der Waals surface area contributed by atoms with Crippen LogP contribution in [0.2, 0.25) is 0 Å². The van der Waals surface area contributed by atoms with Crippen molar-refractivity contribution in [2.45, 2.75) is 59.1 Å². The van der Waals surface area contributed by atoms with E-state index in [1.54, 1.807) is 0 Å². The molecule has 2 N–H and O–H groups in total. The van der Waals surface area contributed by atoms with Crippen molar-refractivity contribution >= 4 is 11.3 Å². The molecule has 0 amide bonds. The maximum Gasteiger partial charge on any atom is 0.110 e. The number of rotatable bonds is 4.